The fourth-order valence-corrected chi connectivity index (χ4v) is 4.66. The van der Waals surface area contributed by atoms with Gasteiger partial charge in [-0.05, 0) is 93.5 Å². The van der Waals surface area contributed by atoms with Gasteiger partial charge < -0.3 is 0 Å². The average molecular weight is 694 g/mol. The summed E-state index contributed by atoms with van der Waals surface area (Å²) >= 11 is 0. The average Bonchev–Trinajstić information content (AvgIpc) is 3.06. The van der Waals surface area contributed by atoms with Crippen molar-refractivity contribution < 1.29 is 57.1 Å². The summed E-state index contributed by atoms with van der Waals surface area (Å²) in [6.45, 7) is 0. The van der Waals surface area contributed by atoms with E-state index in [0.717, 1.165) is 36.4 Å². The van der Waals surface area contributed by atoms with Crippen molar-refractivity contribution in [1.82, 2.24) is 0 Å². The van der Waals surface area contributed by atoms with Crippen LogP contribution in [0, 0.1) is 75.6 Å². The first-order valence-corrected chi connectivity index (χ1v) is 13.6. The van der Waals surface area contributed by atoms with Crippen molar-refractivity contribution in [3.63, 3.8) is 0 Å². The molecule has 0 amide bonds. The minimum absolute atomic E-state index is 0.0158. The number of rotatable bonds is 4. The highest BCUT2D eigenvalue weighted by molar-refractivity contribution is 5.72. The van der Waals surface area contributed by atoms with Crippen molar-refractivity contribution in [1.29, 1.82) is 0 Å². The third kappa shape index (κ3) is 7.30. The van der Waals surface area contributed by atoms with Crippen LogP contribution in [-0.4, -0.2) is 0 Å². The first-order valence-electron chi connectivity index (χ1n) is 13.6. The standard InChI is InChI=1S/C18H7F7.C18H8F6/c19-12-3-8(9-4-13(20)17(24)14(21)5-9)1-2-11(12)10-6-15(22)18(25)16(23)7-10;19-13-5-11(6-14(20)17(13)23)9-1-2-10(4-3-9)12-7-15(21)18(24)16(22)8-12/h1-7H;1-8H. The molecule has 6 rings (SSSR count). The molecule has 0 N–H and O–H groups in total. The Morgan fingerprint density at radius 2 is 0.429 bits per heavy atom. The van der Waals surface area contributed by atoms with Crippen LogP contribution in [0.4, 0.5) is 57.1 Å². The van der Waals surface area contributed by atoms with E-state index in [9.17, 15) is 57.1 Å². The van der Waals surface area contributed by atoms with Crippen LogP contribution in [0.2, 0.25) is 0 Å². The van der Waals surface area contributed by atoms with Crippen LogP contribution in [0.1, 0.15) is 0 Å². The second-order valence-electron chi connectivity index (χ2n) is 10.3. The summed E-state index contributed by atoms with van der Waals surface area (Å²) < 4.78 is 172. The molecule has 0 saturated carbocycles. The number of halogens is 13. The maximum atomic E-state index is 14.3. The molecule has 0 aliphatic rings. The molecule has 0 atom stereocenters. The minimum Gasteiger partial charge on any atom is -0.206 e. The Labute approximate surface area is 268 Å². The number of benzene rings is 6. The fraction of sp³-hybridized carbons (Fsp3) is 0. The van der Waals surface area contributed by atoms with Crippen molar-refractivity contribution in [2.24, 2.45) is 0 Å². The lowest BCUT2D eigenvalue weighted by Gasteiger charge is -2.09. The number of hydrogen-bond acceptors (Lipinski definition) is 0. The lowest BCUT2D eigenvalue weighted by molar-refractivity contribution is 0.447. The van der Waals surface area contributed by atoms with Gasteiger partial charge in [0.25, 0.3) is 0 Å². The van der Waals surface area contributed by atoms with Crippen LogP contribution in [-0.2, 0) is 0 Å². The van der Waals surface area contributed by atoms with Crippen molar-refractivity contribution >= 4 is 0 Å². The van der Waals surface area contributed by atoms with Crippen molar-refractivity contribution in [2.75, 3.05) is 0 Å². The van der Waals surface area contributed by atoms with Gasteiger partial charge in [-0.2, -0.15) is 0 Å². The Balaban J connectivity index is 0.000000191. The monoisotopic (exact) mass is 694 g/mol. The summed E-state index contributed by atoms with van der Waals surface area (Å²) in [5, 5.41) is 0. The van der Waals surface area contributed by atoms with Gasteiger partial charge in [-0.3, -0.25) is 0 Å². The maximum absolute atomic E-state index is 14.3. The third-order valence-electron chi connectivity index (χ3n) is 7.10. The Morgan fingerprint density at radius 1 is 0.204 bits per heavy atom. The van der Waals surface area contributed by atoms with Gasteiger partial charge in [-0.15, -0.1) is 0 Å². The summed E-state index contributed by atoms with van der Waals surface area (Å²) in [5.74, 6) is -18.6. The molecule has 250 valence electrons. The zero-order valence-electron chi connectivity index (χ0n) is 24.1. The molecule has 0 aliphatic heterocycles. The molecular weight excluding hydrogens is 679 g/mol. The van der Waals surface area contributed by atoms with E-state index in [1.54, 1.807) is 0 Å². The molecule has 0 unspecified atom stereocenters. The maximum Gasteiger partial charge on any atom is 0.194 e. The lowest BCUT2D eigenvalue weighted by atomic mass is 9.99. The quantitative estimate of drug-likeness (QED) is 0.127. The minimum atomic E-state index is -1.68. The molecule has 13 heteroatoms. The molecule has 0 heterocycles. The van der Waals surface area contributed by atoms with Crippen LogP contribution < -0.4 is 0 Å². The van der Waals surface area contributed by atoms with Crippen LogP contribution in [0.25, 0.3) is 44.5 Å². The van der Waals surface area contributed by atoms with E-state index in [1.165, 1.54) is 30.3 Å². The van der Waals surface area contributed by atoms with Crippen LogP contribution >= 0.6 is 0 Å². The van der Waals surface area contributed by atoms with Gasteiger partial charge in [0.15, 0.2) is 69.8 Å². The van der Waals surface area contributed by atoms with Crippen LogP contribution in [0.5, 0.6) is 0 Å². The summed E-state index contributed by atoms with van der Waals surface area (Å²) in [6.07, 6.45) is 0. The van der Waals surface area contributed by atoms with Crippen molar-refractivity contribution in [3.8, 4) is 44.5 Å². The molecule has 0 nitrogen and oxygen atoms in total. The largest absolute Gasteiger partial charge is 0.206 e. The summed E-state index contributed by atoms with van der Waals surface area (Å²) in [6, 6.07) is 14.9. The highest BCUT2D eigenvalue weighted by Crippen LogP contribution is 2.32. The van der Waals surface area contributed by atoms with Gasteiger partial charge in [-0.1, -0.05) is 36.4 Å². The molecule has 6 aromatic rings. The molecule has 0 fully saturated rings. The van der Waals surface area contributed by atoms with Crippen molar-refractivity contribution in [3.05, 3.63) is 167 Å². The second kappa shape index (κ2) is 13.9. The highest BCUT2D eigenvalue weighted by Gasteiger charge is 2.17. The van der Waals surface area contributed by atoms with E-state index < -0.39 is 75.6 Å². The van der Waals surface area contributed by atoms with E-state index in [1.807, 2.05) is 0 Å². The van der Waals surface area contributed by atoms with Gasteiger partial charge in [-0.25, -0.2) is 57.1 Å². The lowest BCUT2D eigenvalue weighted by Crippen LogP contribution is -1.95. The zero-order chi connectivity index (χ0) is 35.7. The smallest absolute Gasteiger partial charge is 0.194 e. The molecule has 49 heavy (non-hydrogen) atoms. The second-order valence-corrected chi connectivity index (χ2v) is 10.3. The molecular formula is C36H15F13. The Bertz CT molecular complexity index is 2040. The van der Waals surface area contributed by atoms with E-state index >= 15 is 0 Å². The summed E-state index contributed by atoms with van der Waals surface area (Å²) in [7, 11) is 0. The molecule has 0 aromatic heterocycles. The van der Waals surface area contributed by atoms with Crippen LogP contribution in [0.15, 0.2) is 91.0 Å². The van der Waals surface area contributed by atoms with Gasteiger partial charge in [0.2, 0.25) is 0 Å². The molecule has 0 aliphatic carbocycles. The van der Waals surface area contributed by atoms with E-state index in [0.29, 0.717) is 35.4 Å². The third-order valence-corrected chi connectivity index (χ3v) is 7.10. The van der Waals surface area contributed by atoms with E-state index in [-0.39, 0.29) is 33.4 Å². The Morgan fingerprint density at radius 3 is 0.714 bits per heavy atom. The zero-order valence-corrected chi connectivity index (χ0v) is 24.1. The molecule has 0 spiro atoms. The van der Waals surface area contributed by atoms with E-state index in [2.05, 4.69) is 0 Å². The van der Waals surface area contributed by atoms with E-state index in [4.69, 9.17) is 0 Å². The molecule has 0 saturated heterocycles. The highest BCUT2D eigenvalue weighted by atomic mass is 19.2. The summed E-state index contributed by atoms with van der Waals surface area (Å²) in [4.78, 5) is 0. The number of hydrogen-bond donors (Lipinski definition) is 0. The molecule has 0 radical (unpaired) electrons. The topological polar surface area (TPSA) is 0 Å². The molecule has 0 bridgehead atoms. The predicted molar refractivity (Wildman–Crippen MR) is 154 cm³/mol. The Hall–Kier alpha value is -5.59. The van der Waals surface area contributed by atoms with Crippen molar-refractivity contribution in [2.45, 2.75) is 0 Å². The molecule has 6 aromatic carbocycles. The predicted octanol–water partition coefficient (Wildman–Crippen LogP) is 11.8. The Kier molecular flexibility index (Phi) is 9.83. The van der Waals surface area contributed by atoms with Gasteiger partial charge >= 0.3 is 0 Å². The summed E-state index contributed by atoms with van der Waals surface area (Å²) in [5.41, 5.74) is 0.352. The van der Waals surface area contributed by atoms with Gasteiger partial charge in [0.05, 0.1) is 0 Å². The van der Waals surface area contributed by atoms with Gasteiger partial charge in [0.1, 0.15) is 5.82 Å². The van der Waals surface area contributed by atoms with Crippen LogP contribution in [0.3, 0.4) is 0 Å². The first-order chi connectivity index (χ1) is 23.1. The SMILES string of the molecule is Fc1cc(-c2cc(F)c(F)c(F)c2)ccc1-c1cc(F)c(F)c(F)c1.Fc1cc(-c2ccc(-c3cc(F)c(F)c(F)c3)cc2)cc(F)c1F. The first kappa shape index (κ1) is 34.7. The van der Waals surface area contributed by atoms with Gasteiger partial charge in [0, 0.05) is 5.56 Å². The fourth-order valence-electron chi connectivity index (χ4n) is 4.66. The normalized spacial score (nSPS) is 11.0.